The molecule has 0 aliphatic rings. The standard InChI is InChI=1S/C14H21ClN2O2/c1-10-11(5-6-12(15)17-10)13(19)16-8-4-7-14(2,3)9-18/h5-6,18H,4,7-9H2,1-3H3,(H,16,19). The van der Waals surface area contributed by atoms with Crippen molar-refractivity contribution < 1.29 is 9.90 Å². The zero-order chi connectivity index (χ0) is 14.5. The average molecular weight is 285 g/mol. The minimum Gasteiger partial charge on any atom is -0.396 e. The number of carbonyl (C=O) groups excluding carboxylic acids is 1. The predicted molar refractivity (Wildman–Crippen MR) is 76.4 cm³/mol. The minimum absolute atomic E-state index is 0.0948. The van der Waals surface area contributed by atoms with E-state index in [-0.39, 0.29) is 17.9 Å². The van der Waals surface area contributed by atoms with Crippen molar-refractivity contribution in [3.05, 3.63) is 28.5 Å². The van der Waals surface area contributed by atoms with Gasteiger partial charge in [-0.15, -0.1) is 0 Å². The molecule has 4 nitrogen and oxygen atoms in total. The van der Waals surface area contributed by atoms with E-state index in [1.165, 1.54) is 0 Å². The number of aliphatic hydroxyl groups excluding tert-OH is 1. The molecular weight excluding hydrogens is 264 g/mol. The van der Waals surface area contributed by atoms with Crippen LogP contribution in [-0.4, -0.2) is 29.1 Å². The molecule has 1 aromatic heterocycles. The fourth-order valence-electron chi connectivity index (χ4n) is 1.71. The molecule has 19 heavy (non-hydrogen) atoms. The molecule has 1 heterocycles. The van der Waals surface area contributed by atoms with Gasteiger partial charge in [-0.2, -0.15) is 0 Å². The first kappa shape index (κ1) is 15.9. The molecule has 0 unspecified atom stereocenters. The van der Waals surface area contributed by atoms with Crippen molar-refractivity contribution in [2.24, 2.45) is 5.41 Å². The molecule has 0 bridgehead atoms. The molecule has 5 heteroatoms. The Hall–Kier alpha value is -1.13. The van der Waals surface area contributed by atoms with Crippen LogP contribution in [-0.2, 0) is 0 Å². The minimum atomic E-state index is -0.136. The maximum atomic E-state index is 11.9. The first-order valence-electron chi connectivity index (χ1n) is 6.38. The second-order valence-electron chi connectivity index (χ2n) is 5.45. The lowest BCUT2D eigenvalue weighted by Crippen LogP contribution is -2.27. The van der Waals surface area contributed by atoms with E-state index in [1.807, 2.05) is 13.8 Å². The number of hydrogen-bond donors (Lipinski definition) is 2. The Kier molecular flexibility index (Phi) is 5.76. The van der Waals surface area contributed by atoms with Crippen molar-refractivity contribution in [2.75, 3.05) is 13.2 Å². The highest BCUT2D eigenvalue weighted by Gasteiger charge is 2.16. The second-order valence-corrected chi connectivity index (χ2v) is 5.84. The smallest absolute Gasteiger partial charge is 0.253 e. The van der Waals surface area contributed by atoms with Gasteiger partial charge in [-0.05, 0) is 37.3 Å². The fraction of sp³-hybridized carbons (Fsp3) is 0.571. The quantitative estimate of drug-likeness (QED) is 0.623. The molecule has 0 aliphatic heterocycles. The summed E-state index contributed by atoms with van der Waals surface area (Å²) in [5, 5.41) is 12.4. The van der Waals surface area contributed by atoms with Gasteiger partial charge in [0.05, 0.1) is 11.3 Å². The Morgan fingerprint density at radius 2 is 2.16 bits per heavy atom. The maximum absolute atomic E-state index is 11.9. The monoisotopic (exact) mass is 284 g/mol. The van der Waals surface area contributed by atoms with Crippen LogP contribution in [0.1, 0.15) is 42.7 Å². The summed E-state index contributed by atoms with van der Waals surface area (Å²) >= 11 is 5.75. The molecule has 0 saturated heterocycles. The first-order chi connectivity index (χ1) is 8.85. The number of aryl methyl sites for hydroxylation is 1. The third-order valence-electron chi connectivity index (χ3n) is 3.04. The van der Waals surface area contributed by atoms with E-state index in [1.54, 1.807) is 19.1 Å². The average Bonchev–Trinajstić information content (AvgIpc) is 2.34. The van der Waals surface area contributed by atoms with E-state index in [4.69, 9.17) is 16.7 Å². The lowest BCUT2D eigenvalue weighted by atomic mass is 9.89. The van der Waals surface area contributed by atoms with Gasteiger partial charge < -0.3 is 10.4 Å². The molecule has 2 N–H and O–H groups in total. The van der Waals surface area contributed by atoms with E-state index in [0.29, 0.717) is 23.0 Å². The molecule has 0 radical (unpaired) electrons. The first-order valence-corrected chi connectivity index (χ1v) is 6.76. The Labute approximate surface area is 119 Å². The van der Waals surface area contributed by atoms with Gasteiger partial charge in [0, 0.05) is 13.2 Å². The summed E-state index contributed by atoms with van der Waals surface area (Å²) in [6.45, 7) is 6.51. The number of carbonyl (C=O) groups is 1. The summed E-state index contributed by atoms with van der Waals surface area (Å²) in [6, 6.07) is 3.29. The fourth-order valence-corrected chi connectivity index (χ4v) is 1.90. The van der Waals surface area contributed by atoms with Crippen molar-refractivity contribution in [3.63, 3.8) is 0 Å². The van der Waals surface area contributed by atoms with E-state index >= 15 is 0 Å². The summed E-state index contributed by atoms with van der Waals surface area (Å²) in [7, 11) is 0. The van der Waals surface area contributed by atoms with Gasteiger partial charge in [-0.1, -0.05) is 25.4 Å². The lowest BCUT2D eigenvalue weighted by Gasteiger charge is -2.21. The van der Waals surface area contributed by atoms with Gasteiger partial charge in [0.1, 0.15) is 5.15 Å². The third-order valence-corrected chi connectivity index (χ3v) is 3.25. The van der Waals surface area contributed by atoms with Crippen molar-refractivity contribution in [1.29, 1.82) is 0 Å². The summed E-state index contributed by atoms with van der Waals surface area (Å²) in [5.41, 5.74) is 1.08. The number of aromatic nitrogens is 1. The zero-order valence-corrected chi connectivity index (χ0v) is 12.4. The number of hydrogen-bond acceptors (Lipinski definition) is 3. The summed E-state index contributed by atoms with van der Waals surface area (Å²) in [4.78, 5) is 16.0. The molecule has 1 amide bonds. The van der Waals surface area contributed by atoms with Gasteiger partial charge in [-0.3, -0.25) is 4.79 Å². The molecule has 0 fully saturated rings. The number of nitrogens with one attached hydrogen (secondary N) is 1. The third kappa shape index (κ3) is 5.17. The van der Waals surface area contributed by atoms with Gasteiger partial charge in [-0.25, -0.2) is 4.98 Å². The highest BCUT2D eigenvalue weighted by Crippen LogP contribution is 2.20. The molecule has 1 rings (SSSR count). The van der Waals surface area contributed by atoms with Crippen LogP contribution in [0.4, 0.5) is 0 Å². The SMILES string of the molecule is Cc1nc(Cl)ccc1C(=O)NCCCC(C)(C)CO. The van der Waals surface area contributed by atoms with Crippen LogP contribution in [0.15, 0.2) is 12.1 Å². The molecule has 0 spiro atoms. The Morgan fingerprint density at radius 3 is 2.74 bits per heavy atom. The molecule has 1 aromatic rings. The molecule has 106 valence electrons. The maximum Gasteiger partial charge on any atom is 0.253 e. The Morgan fingerprint density at radius 1 is 1.47 bits per heavy atom. The lowest BCUT2D eigenvalue weighted by molar-refractivity contribution is 0.0947. The zero-order valence-electron chi connectivity index (χ0n) is 11.7. The van der Waals surface area contributed by atoms with Gasteiger partial charge >= 0.3 is 0 Å². The Bertz CT molecular complexity index is 447. The number of amides is 1. The summed E-state index contributed by atoms with van der Waals surface area (Å²) in [5.74, 6) is -0.136. The van der Waals surface area contributed by atoms with Crippen LogP contribution in [0.3, 0.4) is 0 Å². The number of nitrogens with zero attached hydrogens (tertiary/aromatic N) is 1. The topological polar surface area (TPSA) is 62.2 Å². The van der Waals surface area contributed by atoms with Crippen molar-refractivity contribution in [2.45, 2.75) is 33.6 Å². The second kappa shape index (κ2) is 6.87. The van der Waals surface area contributed by atoms with Crippen LogP contribution in [0.25, 0.3) is 0 Å². The van der Waals surface area contributed by atoms with Crippen LogP contribution >= 0.6 is 11.6 Å². The largest absolute Gasteiger partial charge is 0.396 e. The molecule has 0 saturated carbocycles. The summed E-state index contributed by atoms with van der Waals surface area (Å²) < 4.78 is 0. The van der Waals surface area contributed by atoms with Crippen molar-refractivity contribution >= 4 is 17.5 Å². The van der Waals surface area contributed by atoms with Crippen LogP contribution < -0.4 is 5.32 Å². The van der Waals surface area contributed by atoms with E-state index in [2.05, 4.69) is 10.3 Å². The van der Waals surface area contributed by atoms with Crippen LogP contribution in [0, 0.1) is 12.3 Å². The Balaban J connectivity index is 2.44. The molecule has 0 atom stereocenters. The van der Waals surface area contributed by atoms with Crippen molar-refractivity contribution in [1.82, 2.24) is 10.3 Å². The number of halogens is 1. The van der Waals surface area contributed by atoms with Crippen LogP contribution in [0.5, 0.6) is 0 Å². The normalized spacial score (nSPS) is 11.4. The van der Waals surface area contributed by atoms with Gasteiger partial charge in [0.2, 0.25) is 0 Å². The molecular formula is C14H21ClN2O2. The van der Waals surface area contributed by atoms with E-state index in [0.717, 1.165) is 12.8 Å². The van der Waals surface area contributed by atoms with E-state index < -0.39 is 0 Å². The van der Waals surface area contributed by atoms with Gasteiger partial charge in [0.15, 0.2) is 0 Å². The van der Waals surface area contributed by atoms with Crippen molar-refractivity contribution in [3.8, 4) is 0 Å². The van der Waals surface area contributed by atoms with Gasteiger partial charge in [0.25, 0.3) is 5.91 Å². The predicted octanol–water partition coefficient (Wildman–Crippen LogP) is 2.57. The highest BCUT2D eigenvalue weighted by molar-refractivity contribution is 6.29. The molecule has 0 aliphatic carbocycles. The number of pyridine rings is 1. The van der Waals surface area contributed by atoms with E-state index in [9.17, 15) is 4.79 Å². The molecule has 0 aromatic carbocycles. The number of rotatable bonds is 6. The summed E-state index contributed by atoms with van der Waals surface area (Å²) in [6.07, 6.45) is 1.70. The highest BCUT2D eigenvalue weighted by atomic mass is 35.5. The van der Waals surface area contributed by atoms with Crippen LogP contribution in [0.2, 0.25) is 5.15 Å². The number of aliphatic hydroxyl groups is 1.